The van der Waals surface area contributed by atoms with Crippen molar-refractivity contribution in [2.24, 2.45) is 14.1 Å². The van der Waals surface area contributed by atoms with E-state index in [0.29, 0.717) is 12.2 Å². The highest BCUT2D eigenvalue weighted by Gasteiger charge is 2.05. The molecule has 2 aromatic rings. The standard InChI is InChI=1S/C13H17N3O2S/c1-9-4-5-11(19-9)8-14-7-10-6-12(17)16(3)13(18)15(10)2/h4-6,14H,7-8H2,1-3H3. The summed E-state index contributed by atoms with van der Waals surface area (Å²) in [5, 5.41) is 3.25. The molecule has 0 aliphatic rings. The van der Waals surface area contributed by atoms with Gasteiger partial charge in [-0.15, -0.1) is 11.3 Å². The molecule has 5 nitrogen and oxygen atoms in total. The van der Waals surface area contributed by atoms with E-state index in [2.05, 4.69) is 24.4 Å². The number of aryl methyl sites for hydroxylation is 1. The third-order valence-corrected chi connectivity index (χ3v) is 4.03. The molecule has 102 valence electrons. The van der Waals surface area contributed by atoms with Crippen molar-refractivity contribution < 1.29 is 0 Å². The third kappa shape index (κ3) is 3.02. The minimum Gasteiger partial charge on any atom is -0.306 e. The van der Waals surface area contributed by atoms with Crippen molar-refractivity contribution >= 4 is 11.3 Å². The highest BCUT2D eigenvalue weighted by Crippen LogP contribution is 2.14. The second-order valence-electron chi connectivity index (χ2n) is 4.49. The van der Waals surface area contributed by atoms with Crippen LogP contribution in [-0.4, -0.2) is 9.13 Å². The first-order chi connectivity index (χ1) is 8.99. The van der Waals surface area contributed by atoms with E-state index in [9.17, 15) is 9.59 Å². The maximum Gasteiger partial charge on any atom is 0.330 e. The van der Waals surface area contributed by atoms with Crippen LogP contribution >= 0.6 is 11.3 Å². The number of aromatic nitrogens is 2. The molecule has 0 aromatic carbocycles. The number of nitrogens with zero attached hydrogens (tertiary/aromatic N) is 2. The summed E-state index contributed by atoms with van der Waals surface area (Å²) < 4.78 is 2.60. The fourth-order valence-corrected chi connectivity index (χ4v) is 2.70. The van der Waals surface area contributed by atoms with E-state index < -0.39 is 0 Å². The van der Waals surface area contributed by atoms with Gasteiger partial charge in [0.05, 0.1) is 0 Å². The topological polar surface area (TPSA) is 56.0 Å². The lowest BCUT2D eigenvalue weighted by Crippen LogP contribution is -2.38. The van der Waals surface area contributed by atoms with Crippen LogP contribution in [0.4, 0.5) is 0 Å². The number of hydrogen-bond acceptors (Lipinski definition) is 4. The molecule has 0 unspecified atom stereocenters. The molecule has 0 spiro atoms. The molecule has 2 aromatic heterocycles. The van der Waals surface area contributed by atoms with Gasteiger partial charge in [-0.1, -0.05) is 0 Å². The predicted octanol–water partition coefficient (Wildman–Crippen LogP) is 0.744. The molecule has 6 heteroatoms. The molecule has 1 N–H and O–H groups in total. The Hall–Kier alpha value is -1.66. The van der Waals surface area contributed by atoms with Crippen LogP contribution in [0.15, 0.2) is 27.8 Å². The SMILES string of the molecule is Cc1ccc(CNCc2cc(=O)n(C)c(=O)n2C)s1. The van der Waals surface area contributed by atoms with Gasteiger partial charge in [0.1, 0.15) is 0 Å². The van der Waals surface area contributed by atoms with E-state index in [4.69, 9.17) is 0 Å². The monoisotopic (exact) mass is 279 g/mol. The van der Waals surface area contributed by atoms with Gasteiger partial charge in [-0.2, -0.15) is 0 Å². The fourth-order valence-electron chi connectivity index (χ4n) is 1.84. The molecule has 0 aliphatic carbocycles. The first kappa shape index (κ1) is 13.8. The maximum atomic E-state index is 11.7. The second kappa shape index (κ2) is 5.54. The van der Waals surface area contributed by atoms with Gasteiger partial charge in [0, 0.05) is 48.7 Å². The van der Waals surface area contributed by atoms with Crippen LogP contribution in [0.2, 0.25) is 0 Å². The molecule has 19 heavy (non-hydrogen) atoms. The Morgan fingerprint density at radius 3 is 2.53 bits per heavy atom. The van der Waals surface area contributed by atoms with Crippen molar-refractivity contribution in [1.82, 2.24) is 14.5 Å². The Morgan fingerprint density at radius 1 is 1.16 bits per heavy atom. The summed E-state index contributed by atoms with van der Waals surface area (Å²) >= 11 is 1.74. The van der Waals surface area contributed by atoms with E-state index in [0.717, 1.165) is 11.1 Å². The molecule has 2 rings (SSSR count). The van der Waals surface area contributed by atoms with Gasteiger partial charge in [0.2, 0.25) is 0 Å². The van der Waals surface area contributed by atoms with Gasteiger partial charge in [-0.25, -0.2) is 4.79 Å². The Bertz CT molecular complexity index is 697. The maximum absolute atomic E-state index is 11.7. The zero-order valence-electron chi connectivity index (χ0n) is 11.3. The van der Waals surface area contributed by atoms with E-state index in [1.807, 2.05) is 0 Å². The summed E-state index contributed by atoms with van der Waals surface area (Å²) in [5.74, 6) is 0. The van der Waals surface area contributed by atoms with Crippen LogP contribution < -0.4 is 16.6 Å². The van der Waals surface area contributed by atoms with Gasteiger partial charge >= 0.3 is 5.69 Å². The summed E-state index contributed by atoms with van der Waals surface area (Å²) in [4.78, 5) is 25.8. The summed E-state index contributed by atoms with van der Waals surface area (Å²) in [5.41, 5.74) is 0.129. The molecule has 0 saturated carbocycles. The van der Waals surface area contributed by atoms with Crippen molar-refractivity contribution in [2.75, 3.05) is 0 Å². The lowest BCUT2D eigenvalue weighted by Gasteiger charge is -2.09. The molecule has 0 saturated heterocycles. The van der Waals surface area contributed by atoms with Crippen LogP contribution in [0.25, 0.3) is 0 Å². The van der Waals surface area contributed by atoms with Gasteiger partial charge < -0.3 is 5.32 Å². The zero-order chi connectivity index (χ0) is 14.0. The van der Waals surface area contributed by atoms with Crippen molar-refractivity contribution in [3.8, 4) is 0 Å². The number of rotatable bonds is 4. The Labute approximate surface area is 115 Å². The first-order valence-electron chi connectivity index (χ1n) is 6.01. The second-order valence-corrected chi connectivity index (χ2v) is 5.86. The van der Waals surface area contributed by atoms with Gasteiger partial charge in [-0.05, 0) is 19.1 Å². The van der Waals surface area contributed by atoms with E-state index in [1.165, 1.54) is 27.4 Å². The lowest BCUT2D eigenvalue weighted by atomic mass is 10.3. The molecule has 2 heterocycles. The molecule has 0 bridgehead atoms. The molecule has 0 radical (unpaired) electrons. The number of thiophene rings is 1. The van der Waals surface area contributed by atoms with Crippen molar-refractivity contribution in [1.29, 1.82) is 0 Å². The largest absolute Gasteiger partial charge is 0.330 e. The summed E-state index contributed by atoms with van der Waals surface area (Å²) in [6.45, 7) is 3.31. The molecule has 0 amide bonds. The fraction of sp³-hybridized carbons (Fsp3) is 0.385. The molecule has 0 fully saturated rings. The minimum atomic E-state index is -0.295. The Balaban J connectivity index is 2.08. The van der Waals surface area contributed by atoms with Crippen molar-refractivity contribution in [3.05, 3.63) is 54.5 Å². The van der Waals surface area contributed by atoms with Crippen LogP contribution in [0.1, 0.15) is 15.4 Å². The highest BCUT2D eigenvalue weighted by molar-refractivity contribution is 7.11. The predicted molar refractivity (Wildman–Crippen MR) is 76.5 cm³/mol. The Kier molecular flexibility index (Phi) is 4.01. The molecular formula is C13H17N3O2S. The first-order valence-corrected chi connectivity index (χ1v) is 6.82. The van der Waals surface area contributed by atoms with Crippen LogP contribution in [0, 0.1) is 6.92 Å². The average Bonchev–Trinajstić information content (AvgIpc) is 2.79. The van der Waals surface area contributed by atoms with E-state index >= 15 is 0 Å². The quantitative estimate of drug-likeness (QED) is 0.898. The van der Waals surface area contributed by atoms with Gasteiger partial charge in [-0.3, -0.25) is 13.9 Å². The molecule has 0 atom stereocenters. The molecule has 0 aliphatic heterocycles. The number of nitrogens with one attached hydrogen (secondary N) is 1. The summed E-state index contributed by atoms with van der Waals surface area (Å²) in [7, 11) is 3.16. The normalized spacial score (nSPS) is 10.9. The van der Waals surface area contributed by atoms with Crippen molar-refractivity contribution in [2.45, 2.75) is 20.0 Å². The lowest BCUT2D eigenvalue weighted by molar-refractivity contribution is 0.603. The Morgan fingerprint density at radius 2 is 1.89 bits per heavy atom. The van der Waals surface area contributed by atoms with Crippen LogP contribution in [0.5, 0.6) is 0 Å². The highest BCUT2D eigenvalue weighted by atomic mass is 32.1. The third-order valence-electron chi connectivity index (χ3n) is 3.03. The van der Waals surface area contributed by atoms with Crippen LogP contribution in [-0.2, 0) is 27.2 Å². The van der Waals surface area contributed by atoms with E-state index in [-0.39, 0.29) is 11.2 Å². The van der Waals surface area contributed by atoms with Crippen LogP contribution in [0.3, 0.4) is 0 Å². The zero-order valence-corrected chi connectivity index (χ0v) is 12.1. The molecular weight excluding hydrogens is 262 g/mol. The minimum absolute atomic E-state index is 0.271. The smallest absolute Gasteiger partial charge is 0.306 e. The van der Waals surface area contributed by atoms with Gasteiger partial charge in [0.15, 0.2) is 0 Å². The summed E-state index contributed by atoms with van der Waals surface area (Å²) in [6, 6.07) is 5.65. The van der Waals surface area contributed by atoms with Gasteiger partial charge in [0.25, 0.3) is 5.56 Å². The number of hydrogen-bond donors (Lipinski definition) is 1. The van der Waals surface area contributed by atoms with E-state index in [1.54, 1.807) is 18.4 Å². The summed E-state index contributed by atoms with van der Waals surface area (Å²) in [6.07, 6.45) is 0. The van der Waals surface area contributed by atoms with Crippen molar-refractivity contribution in [3.63, 3.8) is 0 Å². The average molecular weight is 279 g/mol.